The van der Waals surface area contributed by atoms with Crippen molar-refractivity contribution < 1.29 is 0 Å². The Bertz CT molecular complexity index is 1180. The van der Waals surface area contributed by atoms with Gasteiger partial charge in [-0.3, -0.25) is 0 Å². The second kappa shape index (κ2) is 11.8. The van der Waals surface area contributed by atoms with E-state index in [2.05, 4.69) is 91.1 Å². The minimum atomic E-state index is 0.505. The van der Waals surface area contributed by atoms with Crippen LogP contribution in [0.1, 0.15) is 45.1 Å². The van der Waals surface area contributed by atoms with Crippen molar-refractivity contribution in [3.05, 3.63) is 77.7 Å². The van der Waals surface area contributed by atoms with Crippen molar-refractivity contribution in [2.24, 2.45) is 22.7 Å². The highest BCUT2D eigenvalue weighted by Gasteiger charge is 2.28. The molecule has 1 fully saturated rings. The minimum Gasteiger partial charge on any atom is -0.382 e. The third-order valence-corrected chi connectivity index (χ3v) is 7.63. The fourth-order valence-electron chi connectivity index (χ4n) is 4.97. The van der Waals surface area contributed by atoms with Crippen molar-refractivity contribution in [3.63, 3.8) is 0 Å². The average molecular weight is 501 g/mol. The van der Waals surface area contributed by atoms with Gasteiger partial charge in [0.2, 0.25) is 0 Å². The monoisotopic (exact) mass is 500 g/mol. The van der Waals surface area contributed by atoms with Crippen LogP contribution in [0.25, 0.3) is 16.8 Å². The summed E-state index contributed by atoms with van der Waals surface area (Å²) >= 11 is 6.68. The zero-order valence-corrected chi connectivity index (χ0v) is 22.3. The molecule has 0 radical (unpaired) electrons. The van der Waals surface area contributed by atoms with Crippen molar-refractivity contribution in [3.8, 4) is 11.3 Å². The molecule has 1 aliphatic carbocycles. The third-order valence-electron chi connectivity index (χ3n) is 7.34. The number of allylic oxidation sites excluding steroid dienone is 4. The lowest BCUT2D eigenvalue weighted by Crippen LogP contribution is -2.47. The summed E-state index contributed by atoms with van der Waals surface area (Å²) in [7, 11) is 0. The summed E-state index contributed by atoms with van der Waals surface area (Å²) in [6, 6.07) is 10.4. The van der Waals surface area contributed by atoms with Gasteiger partial charge in [-0.15, -0.1) is 5.73 Å². The standard InChI is InChI=1S/C31H37ClN4/c1-6-7-23-8-10-25(11-9-23)26-12-14-27(15-13-26)30-28(32)18-29(31(33-5)35-30)34-17-16-24-19-36(20-24)22(4)21(2)3/h7,10,12-15,18,21,23-24,34H,1,4-5,8-9,11,16-17,19-20H2,2-3H3. The SMILES string of the molecule is C=C=CC1CC=C(c2ccc(-c3nc(N=C)c(NCCC4CN(C(=C)C(C)C)C4)cc3Cl)cc2)CC1. The Morgan fingerprint density at radius 3 is 2.61 bits per heavy atom. The molecule has 2 heterocycles. The van der Waals surface area contributed by atoms with Crippen LogP contribution < -0.4 is 5.32 Å². The Labute approximate surface area is 221 Å². The topological polar surface area (TPSA) is 40.5 Å². The normalized spacial score (nSPS) is 17.7. The summed E-state index contributed by atoms with van der Waals surface area (Å²) in [5, 5.41) is 4.08. The van der Waals surface area contributed by atoms with Crippen molar-refractivity contribution >= 4 is 35.4 Å². The van der Waals surface area contributed by atoms with Gasteiger partial charge in [-0.25, -0.2) is 9.98 Å². The van der Waals surface area contributed by atoms with Gasteiger partial charge in [-0.05, 0) is 73.4 Å². The lowest BCUT2D eigenvalue weighted by molar-refractivity contribution is 0.126. The molecule has 2 aromatic rings. The molecule has 1 aromatic carbocycles. The maximum absolute atomic E-state index is 6.68. The Hall–Kier alpha value is -3.07. The van der Waals surface area contributed by atoms with E-state index < -0.39 is 0 Å². The van der Waals surface area contributed by atoms with Crippen LogP contribution in [0, 0.1) is 17.8 Å². The number of pyridine rings is 1. The molecule has 0 amide bonds. The first-order valence-corrected chi connectivity index (χ1v) is 13.3. The lowest BCUT2D eigenvalue weighted by Gasteiger charge is -2.43. The zero-order chi connectivity index (χ0) is 25.7. The van der Waals surface area contributed by atoms with E-state index in [4.69, 9.17) is 16.6 Å². The molecule has 1 aliphatic heterocycles. The first-order valence-electron chi connectivity index (χ1n) is 12.9. The van der Waals surface area contributed by atoms with Crippen molar-refractivity contribution in [2.45, 2.75) is 39.5 Å². The van der Waals surface area contributed by atoms with Crippen LogP contribution in [-0.2, 0) is 0 Å². The molecule has 0 spiro atoms. The van der Waals surface area contributed by atoms with Crippen LogP contribution in [0.15, 0.2) is 72.1 Å². The van der Waals surface area contributed by atoms with E-state index in [0.717, 1.165) is 62.3 Å². The highest BCUT2D eigenvalue weighted by molar-refractivity contribution is 6.33. The van der Waals surface area contributed by atoms with Gasteiger partial charge < -0.3 is 10.2 Å². The molecule has 1 aromatic heterocycles. The van der Waals surface area contributed by atoms with Crippen molar-refractivity contribution in [1.82, 2.24) is 9.88 Å². The maximum atomic E-state index is 6.68. The van der Waals surface area contributed by atoms with E-state index in [9.17, 15) is 0 Å². The van der Waals surface area contributed by atoms with Crippen LogP contribution in [0.3, 0.4) is 0 Å². The van der Waals surface area contributed by atoms with E-state index in [-0.39, 0.29) is 0 Å². The number of hydrogen-bond acceptors (Lipinski definition) is 4. The fourth-order valence-corrected chi connectivity index (χ4v) is 5.23. The predicted octanol–water partition coefficient (Wildman–Crippen LogP) is 8.16. The molecule has 1 atom stereocenters. The smallest absolute Gasteiger partial charge is 0.175 e. The summed E-state index contributed by atoms with van der Waals surface area (Å²) < 4.78 is 0. The number of aromatic nitrogens is 1. The van der Waals surface area contributed by atoms with E-state index in [1.54, 1.807) is 0 Å². The van der Waals surface area contributed by atoms with Crippen molar-refractivity contribution in [2.75, 3.05) is 25.0 Å². The lowest BCUT2D eigenvalue weighted by atomic mass is 9.86. The molecule has 4 rings (SSSR count). The van der Waals surface area contributed by atoms with Gasteiger partial charge in [0.25, 0.3) is 0 Å². The Morgan fingerprint density at radius 2 is 2.00 bits per heavy atom. The Morgan fingerprint density at radius 1 is 1.28 bits per heavy atom. The quantitative estimate of drug-likeness (QED) is 0.264. The number of aliphatic imine (C=N–C) groups is 1. The minimum absolute atomic E-state index is 0.505. The van der Waals surface area contributed by atoms with Gasteiger partial charge in [0, 0.05) is 30.9 Å². The first kappa shape index (κ1) is 26.0. The summed E-state index contributed by atoms with van der Waals surface area (Å²) in [6.07, 6.45) is 8.75. The molecule has 4 nitrogen and oxygen atoms in total. The molecule has 1 unspecified atom stereocenters. The molecule has 0 saturated carbocycles. The number of anilines is 1. The molecule has 1 N–H and O–H groups in total. The molecule has 5 heteroatoms. The van der Waals surface area contributed by atoms with E-state index in [0.29, 0.717) is 28.6 Å². The summed E-state index contributed by atoms with van der Waals surface area (Å²) in [6.45, 7) is 19.0. The third kappa shape index (κ3) is 6.00. The van der Waals surface area contributed by atoms with E-state index >= 15 is 0 Å². The number of rotatable bonds is 10. The van der Waals surface area contributed by atoms with E-state index in [1.807, 2.05) is 6.07 Å². The summed E-state index contributed by atoms with van der Waals surface area (Å²) in [4.78, 5) is 11.3. The average Bonchev–Trinajstić information content (AvgIpc) is 2.86. The highest BCUT2D eigenvalue weighted by Crippen LogP contribution is 2.36. The molecule has 0 bridgehead atoms. The molecule has 2 aliphatic rings. The van der Waals surface area contributed by atoms with Gasteiger partial charge in [-0.2, -0.15) is 0 Å². The fraction of sp³-hybridized carbons (Fsp3) is 0.387. The second-order valence-corrected chi connectivity index (χ2v) is 10.6. The maximum Gasteiger partial charge on any atom is 0.175 e. The largest absolute Gasteiger partial charge is 0.382 e. The first-order chi connectivity index (χ1) is 17.4. The van der Waals surface area contributed by atoms with Crippen LogP contribution >= 0.6 is 11.6 Å². The van der Waals surface area contributed by atoms with Gasteiger partial charge in [0.1, 0.15) is 0 Å². The zero-order valence-electron chi connectivity index (χ0n) is 21.6. The predicted molar refractivity (Wildman–Crippen MR) is 155 cm³/mol. The Balaban J connectivity index is 1.38. The number of hydrogen-bond donors (Lipinski definition) is 1. The number of nitrogens with one attached hydrogen (secondary N) is 1. The molecule has 188 valence electrons. The van der Waals surface area contributed by atoms with Crippen molar-refractivity contribution in [1.29, 1.82) is 0 Å². The van der Waals surface area contributed by atoms with Crippen LogP contribution in [0.4, 0.5) is 11.5 Å². The van der Waals surface area contributed by atoms with Gasteiger partial charge in [0.15, 0.2) is 5.82 Å². The Kier molecular flexibility index (Phi) is 8.51. The van der Waals surface area contributed by atoms with Gasteiger partial charge in [0.05, 0.1) is 16.4 Å². The van der Waals surface area contributed by atoms with Gasteiger partial charge in [-0.1, -0.05) is 68.9 Å². The number of nitrogens with zero attached hydrogens (tertiary/aromatic N) is 3. The summed E-state index contributed by atoms with van der Waals surface area (Å²) in [5.74, 6) is 2.32. The second-order valence-electron chi connectivity index (χ2n) is 10.2. The highest BCUT2D eigenvalue weighted by atomic mass is 35.5. The van der Waals surface area contributed by atoms with Crippen LogP contribution in [0.2, 0.25) is 5.02 Å². The molecule has 36 heavy (non-hydrogen) atoms. The number of halogens is 1. The van der Waals surface area contributed by atoms with E-state index in [1.165, 1.54) is 16.8 Å². The molecular weight excluding hydrogens is 464 g/mol. The van der Waals surface area contributed by atoms with Gasteiger partial charge >= 0.3 is 0 Å². The summed E-state index contributed by atoms with van der Waals surface area (Å²) in [5.41, 5.74) is 9.34. The van der Waals surface area contributed by atoms with Crippen LogP contribution in [0.5, 0.6) is 0 Å². The molecule has 1 saturated heterocycles. The number of benzene rings is 1. The number of likely N-dealkylation sites (tertiary alicyclic amines) is 1. The van der Waals surface area contributed by atoms with Crippen LogP contribution in [-0.4, -0.2) is 36.2 Å². The molecular formula is C31H37ClN4.